The Hall–Kier alpha value is -1.73. The van der Waals surface area contributed by atoms with Crippen LogP contribution in [-0.4, -0.2) is 81.1 Å². The summed E-state index contributed by atoms with van der Waals surface area (Å²) in [4.78, 5) is 10.8. The van der Waals surface area contributed by atoms with E-state index in [1.807, 2.05) is 26.0 Å². The molecule has 7 heteroatoms. The number of halogens is 2. The van der Waals surface area contributed by atoms with Gasteiger partial charge in [0.1, 0.15) is 11.6 Å². The summed E-state index contributed by atoms with van der Waals surface area (Å²) in [5, 5.41) is 3.29. The van der Waals surface area contributed by atoms with Gasteiger partial charge in [0.2, 0.25) is 0 Å². The minimum absolute atomic E-state index is 0.0843. The van der Waals surface area contributed by atoms with Crippen molar-refractivity contribution in [2.75, 3.05) is 54.4 Å². The average molecular weight is 382 g/mol. The normalized spacial score (nSPS) is 19.6. The first-order valence-electron chi connectivity index (χ1n) is 9.65. The van der Waals surface area contributed by atoms with Crippen LogP contribution in [0.1, 0.15) is 31.4 Å². The zero-order chi connectivity index (χ0) is 20.0. The van der Waals surface area contributed by atoms with Crippen LogP contribution in [0.3, 0.4) is 0 Å². The molecule has 0 saturated carbocycles. The van der Waals surface area contributed by atoms with Gasteiger partial charge in [0, 0.05) is 38.8 Å². The van der Waals surface area contributed by atoms with Crippen molar-refractivity contribution in [3.63, 3.8) is 0 Å². The highest BCUT2D eigenvalue weighted by Crippen LogP contribution is 2.24. The molecular formula is C20H33F2N5. The molecule has 1 fully saturated rings. The van der Waals surface area contributed by atoms with Crippen molar-refractivity contribution in [1.82, 2.24) is 20.0 Å². The molecule has 1 aromatic rings. The zero-order valence-electron chi connectivity index (χ0n) is 17.2. The minimum atomic E-state index is -0.525. The van der Waals surface area contributed by atoms with E-state index < -0.39 is 17.7 Å². The van der Waals surface area contributed by atoms with Gasteiger partial charge in [-0.3, -0.25) is 9.89 Å². The molecule has 0 aliphatic carbocycles. The lowest BCUT2D eigenvalue weighted by Gasteiger charge is -2.31. The number of hydrogen-bond acceptors (Lipinski definition) is 3. The quantitative estimate of drug-likeness (QED) is 0.581. The Morgan fingerprint density at radius 1 is 1.30 bits per heavy atom. The van der Waals surface area contributed by atoms with E-state index in [1.54, 1.807) is 7.05 Å². The molecule has 0 aromatic heterocycles. The zero-order valence-corrected chi connectivity index (χ0v) is 17.2. The van der Waals surface area contributed by atoms with E-state index in [2.05, 4.69) is 27.0 Å². The van der Waals surface area contributed by atoms with E-state index in [0.717, 1.165) is 25.6 Å². The summed E-state index contributed by atoms with van der Waals surface area (Å²) in [7, 11) is 7.39. The largest absolute Gasteiger partial charge is 0.354 e. The number of nitrogens with zero attached hydrogens (tertiary/aromatic N) is 4. The van der Waals surface area contributed by atoms with Crippen LogP contribution < -0.4 is 5.32 Å². The predicted octanol–water partition coefficient (Wildman–Crippen LogP) is 2.56. The van der Waals surface area contributed by atoms with E-state index in [0.29, 0.717) is 12.6 Å². The molecule has 2 rings (SSSR count). The Balaban J connectivity index is 2.04. The molecule has 1 aliphatic rings. The van der Waals surface area contributed by atoms with Crippen LogP contribution in [0.5, 0.6) is 0 Å². The van der Waals surface area contributed by atoms with Crippen LogP contribution in [0.15, 0.2) is 23.2 Å². The van der Waals surface area contributed by atoms with Crippen LogP contribution in [0.2, 0.25) is 0 Å². The number of hydrogen-bond donors (Lipinski definition) is 1. The average Bonchev–Trinajstić information content (AvgIpc) is 3.07. The van der Waals surface area contributed by atoms with Crippen LogP contribution in [0.4, 0.5) is 8.78 Å². The second-order valence-corrected chi connectivity index (χ2v) is 7.35. The van der Waals surface area contributed by atoms with Gasteiger partial charge in [-0.25, -0.2) is 8.78 Å². The molecule has 0 bridgehead atoms. The van der Waals surface area contributed by atoms with Crippen molar-refractivity contribution in [3.05, 3.63) is 35.4 Å². The lowest BCUT2D eigenvalue weighted by Crippen LogP contribution is -2.47. The number of benzene rings is 1. The van der Waals surface area contributed by atoms with Crippen molar-refractivity contribution >= 4 is 5.96 Å². The molecule has 5 nitrogen and oxygen atoms in total. The lowest BCUT2D eigenvalue weighted by atomic mass is 10.0. The number of likely N-dealkylation sites (tertiary alicyclic amines) is 1. The Bertz CT molecular complexity index is 615. The summed E-state index contributed by atoms with van der Waals surface area (Å²) in [6.07, 6.45) is 2.42. The molecule has 0 radical (unpaired) electrons. The maximum atomic E-state index is 14.2. The molecule has 1 saturated heterocycles. The Labute approximate surface area is 162 Å². The topological polar surface area (TPSA) is 34.1 Å². The lowest BCUT2D eigenvalue weighted by molar-refractivity contribution is 0.231. The van der Waals surface area contributed by atoms with Gasteiger partial charge >= 0.3 is 0 Å². The molecule has 152 valence electrons. The van der Waals surface area contributed by atoms with Gasteiger partial charge in [-0.2, -0.15) is 0 Å². The van der Waals surface area contributed by atoms with Gasteiger partial charge < -0.3 is 15.1 Å². The third-order valence-corrected chi connectivity index (χ3v) is 5.37. The summed E-state index contributed by atoms with van der Waals surface area (Å²) >= 11 is 0. The third kappa shape index (κ3) is 5.39. The molecule has 1 aliphatic heterocycles. The smallest absolute Gasteiger partial charge is 0.193 e. The number of nitrogens with one attached hydrogen (secondary N) is 1. The number of guanidine groups is 1. The van der Waals surface area contributed by atoms with Gasteiger partial charge in [0.25, 0.3) is 0 Å². The number of likely N-dealkylation sites (N-methyl/N-ethyl adjacent to an activating group) is 3. The SMILES string of the molecule is CCN1CCCC1CN(C)C(=NC)NCC(c1c(F)cccc1F)N(C)C. The fourth-order valence-electron chi connectivity index (χ4n) is 3.87. The van der Waals surface area contributed by atoms with Crippen molar-refractivity contribution < 1.29 is 8.78 Å². The van der Waals surface area contributed by atoms with Crippen molar-refractivity contribution in [2.45, 2.75) is 31.8 Å². The summed E-state index contributed by atoms with van der Waals surface area (Å²) < 4.78 is 28.5. The first-order valence-corrected chi connectivity index (χ1v) is 9.65. The molecule has 2 unspecified atom stereocenters. The molecule has 27 heavy (non-hydrogen) atoms. The van der Waals surface area contributed by atoms with Crippen LogP contribution in [0, 0.1) is 11.6 Å². The first kappa shape index (κ1) is 21.6. The molecule has 1 aromatic carbocycles. The minimum Gasteiger partial charge on any atom is -0.354 e. The second kappa shape index (κ2) is 9.99. The first-order chi connectivity index (χ1) is 12.9. The van der Waals surface area contributed by atoms with Crippen LogP contribution >= 0.6 is 0 Å². The Kier molecular flexibility index (Phi) is 7.98. The van der Waals surface area contributed by atoms with Gasteiger partial charge in [0.15, 0.2) is 5.96 Å². The van der Waals surface area contributed by atoms with Crippen molar-refractivity contribution in [2.24, 2.45) is 4.99 Å². The van der Waals surface area contributed by atoms with Gasteiger partial charge in [0.05, 0.1) is 6.04 Å². The molecular weight excluding hydrogens is 348 g/mol. The van der Waals surface area contributed by atoms with Gasteiger partial charge in [-0.1, -0.05) is 13.0 Å². The van der Waals surface area contributed by atoms with Crippen LogP contribution in [-0.2, 0) is 0 Å². The highest BCUT2D eigenvalue weighted by atomic mass is 19.1. The standard InChI is InChI=1S/C20H33F2N5/c1-6-27-12-8-9-15(27)14-26(5)20(23-2)24-13-18(25(3)4)19-16(21)10-7-11-17(19)22/h7,10-11,15,18H,6,8-9,12-14H2,1-5H3,(H,23,24). The monoisotopic (exact) mass is 381 g/mol. The van der Waals surface area contributed by atoms with E-state index in [1.165, 1.54) is 31.0 Å². The molecule has 0 spiro atoms. The predicted molar refractivity (Wildman–Crippen MR) is 107 cm³/mol. The van der Waals surface area contributed by atoms with E-state index in [9.17, 15) is 8.78 Å². The van der Waals surface area contributed by atoms with E-state index in [4.69, 9.17) is 0 Å². The van der Waals surface area contributed by atoms with E-state index in [-0.39, 0.29) is 5.56 Å². The highest BCUT2D eigenvalue weighted by Gasteiger charge is 2.26. The van der Waals surface area contributed by atoms with E-state index >= 15 is 0 Å². The third-order valence-electron chi connectivity index (χ3n) is 5.37. The van der Waals surface area contributed by atoms with Crippen molar-refractivity contribution in [1.29, 1.82) is 0 Å². The fourth-order valence-corrected chi connectivity index (χ4v) is 3.87. The van der Waals surface area contributed by atoms with Crippen molar-refractivity contribution in [3.8, 4) is 0 Å². The maximum Gasteiger partial charge on any atom is 0.193 e. The molecule has 1 N–H and O–H groups in total. The summed E-state index contributed by atoms with van der Waals surface area (Å²) in [6.45, 7) is 5.64. The van der Waals surface area contributed by atoms with Gasteiger partial charge in [-0.05, 0) is 52.2 Å². The number of rotatable bonds is 7. The van der Waals surface area contributed by atoms with Crippen LogP contribution in [0.25, 0.3) is 0 Å². The molecule has 0 amide bonds. The highest BCUT2D eigenvalue weighted by molar-refractivity contribution is 5.79. The summed E-state index contributed by atoms with van der Waals surface area (Å²) in [5.41, 5.74) is 0.0843. The molecule has 2 atom stereocenters. The molecule has 1 heterocycles. The maximum absolute atomic E-state index is 14.2. The Morgan fingerprint density at radius 3 is 2.52 bits per heavy atom. The Morgan fingerprint density at radius 2 is 1.96 bits per heavy atom. The fraction of sp³-hybridized carbons (Fsp3) is 0.650. The number of aliphatic imine (C=N–C) groups is 1. The second-order valence-electron chi connectivity index (χ2n) is 7.35. The van der Waals surface area contributed by atoms with Gasteiger partial charge in [-0.15, -0.1) is 0 Å². The summed E-state index contributed by atoms with van der Waals surface area (Å²) in [6, 6.07) is 4.08. The summed E-state index contributed by atoms with van der Waals surface area (Å²) in [5.74, 6) is -0.312.